The molecule has 7 heteroatoms. The van der Waals surface area contributed by atoms with E-state index in [0.717, 1.165) is 36.1 Å². The van der Waals surface area contributed by atoms with Gasteiger partial charge in [0.05, 0.1) is 23.8 Å². The molecule has 7 nitrogen and oxygen atoms in total. The van der Waals surface area contributed by atoms with E-state index in [2.05, 4.69) is 19.2 Å². The summed E-state index contributed by atoms with van der Waals surface area (Å²) in [5, 5.41) is 3.10. The molecule has 0 spiro atoms. The Kier molecular flexibility index (Phi) is 5.93. The first-order valence-electron chi connectivity index (χ1n) is 10.8. The van der Waals surface area contributed by atoms with Crippen molar-refractivity contribution in [3.05, 3.63) is 54.0 Å². The molecule has 0 aliphatic rings. The summed E-state index contributed by atoms with van der Waals surface area (Å²) in [6, 6.07) is 11.3. The van der Waals surface area contributed by atoms with Crippen LogP contribution in [0.1, 0.15) is 56.2 Å². The molecule has 4 rings (SSSR count). The van der Waals surface area contributed by atoms with E-state index in [4.69, 9.17) is 20.1 Å². The van der Waals surface area contributed by atoms with Gasteiger partial charge in [0.2, 0.25) is 0 Å². The lowest BCUT2D eigenvalue weighted by molar-refractivity contribution is 0.0940. The number of benzene rings is 1. The molecule has 1 aromatic carbocycles. The highest BCUT2D eigenvalue weighted by molar-refractivity contribution is 6.10. The summed E-state index contributed by atoms with van der Waals surface area (Å²) in [6.45, 7) is 6.82. The molecule has 0 saturated carbocycles. The monoisotopic (exact) mass is 419 g/mol. The lowest BCUT2D eigenvalue weighted by atomic mass is 10.0. The molecule has 31 heavy (non-hydrogen) atoms. The molecular formula is C24H29N5O2. The largest absolute Gasteiger partial charge is 0.467 e. The van der Waals surface area contributed by atoms with Crippen molar-refractivity contribution in [2.24, 2.45) is 5.92 Å². The van der Waals surface area contributed by atoms with Crippen molar-refractivity contribution in [2.75, 3.05) is 5.73 Å². The quantitative estimate of drug-likeness (QED) is 0.429. The first-order chi connectivity index (χ1) is 14.9. The van der Waals surface area contributed by atoms with Gasteiger partial charge in [0.1, 0.15) is 22.7 Å². The highest BCUT2D eigenvalue weighted by Crippen LogP contribution is 2.29. The minimum Gasteiger partial charge on any atom is -0.467 e. The van der Waals surface area contributed by atoms with Crippen molar-refractivity contribution < 1.29 is 9.21 Å². The van der Waals surface area contributed by atoms with Gasteiger partial charge in [-0.2, -0.15) is 0 Å². The van der Waals surface area contributed by atoms with Crippen molar-refractivity contribution in [1.82, 2.24) is 19.9 Å². The molecule has 0 radical (unpaired) electrons. The number of anilines is 1. The second-order valence-corrected chi connectivity index (χ2v) is 8.51. The highest BCUT2D eigenvalue weighted by atomic mass is 16.3. The summed E-state index contributed by atoms with van der Waals surface area (Å²) in [6.07, 6.45) is 4.75. The lowest BCUT2D eigenvalue weighted by Gasteiger charge is -2.14. The lowest BCUT2D eigenvalue weighted by Crippen LogP contribution is -2.33. The second-order valence-electron chi connectivity index (χ2n) is 8.51. The number of fused-ring (bicyclic) bond motifs is 2. The number of carbonyl (C=O) groups is 1. The van der Waals surface area contributed by atoms with Gasteiger partial charge in [0, 0.05) is 6.04 Å². The molecule has 0 aliphatic heterocycles. The molecule has 3 aromatic heterocycles. The van der Waals surface area contributed by atoms with E-state index in [-0.39, 0.29) is 11.9 Å². The van der Waals surface area contributed by atoms with Crippen LogP contribution in [-0.4, -0.2) is 26.5 Å². The fourth-order valence-electron chi connectivity index (χ4n) is 3.86. The van der Waals surface area contributed by atoms with Gasteiger partial charge >= 0.3 is 0 Å². The highest BCUT2D eigenvalue weighted by Gasteiger charge is 2.25. The molecule has 1 atom stereocenters. The van der Waals surface area contributed by atoms with E-state index in [1.807, 2.05) is 43.3 Å². The third-order valence-electron chi connectivity index (χ3n) is 5.51. The average Bonchev–Trinajstić information content (AvgIpc) is 3.33. The zero-order valence-electron chi connectivity index (χ0n) is 18.3. The van der Waals surface area contributed by atoms with Crippen LogP contribution in [0.5, 0.6) is 0 Å². The van der Waals surface area contributed by atoms with Crippen molar-refractivity contribution in [3.8, 4) is 0 Å². The number of furan rings is 1. The predicted molar refractivity (Wildman–Crippen MR) is 123 cm³/mol. The van der Waals surface area contributed by atoms with Crippen molar-refractivity contribution in [2.45, 2.75) is 52.6 Å². The minimum atomic E-state index is -0.220. The van der Waals surface area contributed by atoms with Crippen LogP contribution in [0.15, 0.2) is 47.1 Å². The van der Waals surface area contributed by atoms with Crippen molar-refractivity contribution in [3.63, 3.8) is 0 Å². The molecule has 0 unspecified atom stereocenters. The number of nitrogens with one attached hydrogen (secondary N) is 1. The maximum absolute atomic E-state index is 13.2. The number of amides is 1. The number of rotatable bonds is 8. The van der Waals surface area contributed by atoms with Crippen LogP contribution in [-0.2, 0) is 6.54 Å². The summed E-state index contributed by atoms with van der Waals surface area (Å²) in [5.41, 5.74) is 9.42. The molecule has 3 N–H and O–H groups in total. The van der Waals surface area contributed by atoms with Crippen molar-refractivity contribution in [1.29, 1.82) is 0 Å². The number of aromatic nitrogens is 3. The van der Waals surface area contributed by atoms with Crippen LogP contribution in [0, 0.1) is 5.92 Å². The smallest absolute Gasteiger partial charge is 0.257 e. The molecule has 0 bridgehead atoms. The topological polar surface area (TPSA) is 99.0 Å². The summed E-state index contributed by atoms with van der Waals surface area (Å²) in [7, 11) is 0. The number of nitrogen functional groups attached to an aromatic ring is 1. The third-order valence-corrected chi connectivity index (χ3v) is 5.51. The molecular weight excluding hydrogens is 390 g/mol. The zero-order chi connectivity index (χ0) is 22.0. The summed E-state index contributed by atoms with van der Waals surface area (Å²) < 4.78 is 7.30. The van der Waals surface area contributed by atoms with Crippen LogP contribution in [0.25, 0.3) is 22.2 Å². The summed E-state index contributed by atoms with van der Waals surface area (Å²) in [4.78, 5) is 22.8. The van der Waals surface area contributed by atoms with E-state index < -0.39 is 0 Å². The number of carbonyl (C=O) groups excluding carboxylic acids is 1. The number of para-hydroxylation sites is 2. The first-order valence-corrected chi connectivity index (χ1v) is 10.8. The van der Waals surface area contributed by atoms with Crippen LogP contribution in [0.3, 0.4) is 0 Å². The van der Waals surface area contributed by atoms with Gasteiger partial charge in [0.15, 0.2) is 5.65 Å². The average molecular weight is 420 g/mol. The van der Waals surface area contributed by atoms with Gasteiger partial charge in [-0.3, -0.25) is 4.79 Å². The summed E-state index contributed by atoms with van der Waals surface area (Å²) >= 11 is 0. The predicted octanol–water partition coefficient (Wildman–Crippen LogP) is 4.75. The van der Waals surface area contributed by atoms with E-state index in [0.29, 0.717) is 35.0 Å². The van der Waals surface area contributed by atoms with Crippen molar-refractivity contribution >= 4 is 33.9 Å². The first kappa shape index (κ1) is 20.9. The Morgan fingerprint density at radius 1 is 1.10 bits per heavy atom. The Balaban J connectivity index is 1.72. The number of nitrogens with two attached hydrogens (primary N) is 1. The fraction of sp³-hybridized carbons (Fsp3) is 0.375. The minimum absolute atomic E-state index is 0.0440. The van der Waals surface area contributed by atoms with Crippen LogP contribution in [0.2, 0.25) is 0 Å². The van der Waals surface area contributed by atoms with Crippen LogP contribution < -0.4 is 11.1 Å². The van der Waals surface area contributed by atoms with Gasteiger partial charge in [-0.1, -0.05) is 38.8 Å². The van der Waals surface area contributed by atoms with Gasteiger partial charge in [-0.25, -0.2) is 9.97 Å². The zero-order valence-corrected chi connectivity index (χ0v) is 18.3. The maximum atomic E-state index is 13.2. The maximum Gasteiger partial charge on any atom is 0.257 e. The van der Waals surface area contributed by atoms with Gasteiger partial charge in [-0.05, 0) is 43.5 Å². The Hall–Kier alpha value is -3.35. The second kappa shape index (κ2) is 8.79. The SMILES string of the molecule is CC(C)CCC[C@@H](C)NC(=O)c1c(N)n(Cc2ccco2)c2nc3ccccc3nc12. The normalized spacial score (nSPS) is 12.6. The standard InChI is InChI=1S/C24H29N5O2/c1-15(2)8-6-9-16(3)26-24(30)20-21-23(28-19-12-5-4-11-18(19)27-21)29(22(20)25)14-17-10-7-13-31-17/h4-5,7,10-13,15-16H,6,8-9,14,25H2,1-3H3,(H,26,30)/t16-/m1/s1. The van der Waals surface area contributed by atoms with E-state index in [1.165, 1.54) is 0 Å². The Labute approximate surface area is 181 Å². The van der Waals surface area contributed by atoms with E-state index >= 15 is 0 Å². The number of hydrogen-bond acceptors (Lipinski definition) is 5. The summed E-state index contributed by atoms with van der Waals surface area (Å²) in [5.74, 6) is 1.50. The van der Waals surface area contributed by atoms with Gasteiger partial charge < -0.3 is 20.0 Å². The van der Waals surface area contributed by atoms with E-state index in [1.54, 1.807) is 10.8 Å². The number of hydrogen-bond donors (Lipinski definition) is 2. The molecule has 3 heterocycles. The van der Waals surface area contributed by atoms with Crippen LogP contribution in [0.4, 0.5) is 5.82 Å². The van der Waals surface area contributed by atoms with Gasteiger partial charge in [0.25, 0.3) is 5.91 Å². The number of nitrogens with zero attached hydrogens (tertiary/aromatic N) is 3. The molecule has 1 amide bonds. The molecule has 0 aliphatic carbocycles. The Morgan fingerprint density at radius 2 is 1.84 bits per heavy atom. The Morgan fingerprint density at radius 3 is 2.52 bits per heavy atom. The fourth-order valence-corrected chi connectivity index (χ4v) is 3.86. The van der Waals surface area contributed by atoms with Gasteiger partial charge in [-0.15, -0.1) is 0 Å². The molecule has 162 valence electrons. The third kappa shape index (κ3) is 4.40. The Bertz CT molecular complexity index is 1190. The van der Waals surface area contributed by atoms with E-state index in [9.17, 15) is 4.79 Å². The molecule has 4 aromatic rings. The molecule has 0 saturated heterocycles. The van der Waals surface area contributed by atoms with Crippen LogP contribution >= 0.6 is 0 Å². The molecule has 0 fully saturated rings.